The average Bonchev–Trinajstić information content (AvgIpc) is 3.18. The number of carbonyl (C=O) groups excluding carboxylic acids is 1. The Labute approximate surface area is 202 Å². The number of benzene rings is 2. The molecule has 172 valence electrons. The first-order valence-electron chi connectivity index (χ1n) is 10.8. The molecule has 2 aromatic heterocycles. The number of fused-ring (bicyclic) bond motifs is 1. The van der Waals surface area contributed by atoms with E-state index in [1.165, 1.54) is 4.31 Å². The molecule has 0 radical (unpaired) electrons. The van der Waals surface area contributed by atoms with Gasteiger partial charge in [-0.25, -0.2) is 13.4 Å². The minimum atomic E-state index is -3.28. The Bertz CT molecular complexity index is 1540. The third-order valence-corrected chi connectivity index (χ3v) is 8.00. The number of hydrogen-bond acceptors (Lipinski definition) is 5. The number of halogens is 1. The van der Waals surface area contributed by atoms with Crippen molar-refractivity contribution in [2.45, 2.75) is 13.3 Å². The summed E-state index contributed by atoms with van der Waals surface area (Å²) in [6.45, 7) is 2.25. The van der Waals surface area contributed by atoms with Gasteiger partial charge in [-0.2, -0.15) is 0 Å². The van der Waals surface area contributed by atoms with Gasteiger partial charge in [-0.1, -0.05) is 11.6 Å². The lowest BCUT2D eigenvalue weighted by atomic mass is 10.1. The molecule has 0 saturated carbocycles. The van der Waals surface area contributed by atoms with Crippen molar-refractivity contribution < 1.29 is 13.2 Å². The fourth-order valence-corrected chi connectivity index (χ4v) is 5.86. The van der Waals surface area contributed by atoms with Gasteiger partial charge in [-0.05, 0) is 79.6 Å². The van der Waals surface area contributed by atoms with Gasteiger partial charge in [0, 0.05) is 29.6 Å². The smallest absolute Gasteiger partial charge is 0.255 e. The van der Waals surface area contributed by atoms with Gasteiger partial charge in [0.2, 0.25) is 10.0 Å². The number of carbonyl (C=O) groups is 1. The summed E-state index contributed by atoms with van der Waals surface area (Å²) in [6.07, 6.45) is 2.32. The van der Waals surface area contributed by atoms with Crippen molar-refractivity contribution in [3.05, 3.63) is 83.0 Å². The molecule has 1 amide bonds. The van der Waals surface area contributed by atoms with Gasteiger partial charge in [0.25, 0.3) is 5.91 Å². The van der Waals surface area contributed by atoms with Crippen molar-refractivity contribution in [3.8, 4) is 11.3 Å². The largest absolute Gasteiger partial charge is 0.322 e. The first kappa shape index (κ1) is 22.3. The van der Waals surface area contributed by atoms with Crippen LogP contribution in [0.3, 0.4) is 0 Å². The van der Waals surface area contributed by atoms with Crippen LogP contribution in [0.2, 0.25) is 5.02 Å². The van der Waals surface area contributed by atoms with E-state index in [4.69, 9.17) is 11.6 Å². The van der Waals surface area contributed by atoms with Crippen LogP contribution in [0, 0.1) is 6.92 Å². The maximum atomic E-state index is 13.0. The molecule has 1 fully saturated rings. The molecule has 34 heavy (non-hydrogen) atoms. The summed E-state index contributed by atoms with van der Waals surface area (Å²) in [5, 5.41) is 3.42. The molecule has 0 spiro atoms. The lowest BCUT2D eigenvalue weighted by molar-refractivity contribution is 0.102. The lowest BCUT2D eigenvalue weighted by Gasteiger charge is -2.18. The normalized spacial score (nSPS) is 14.9. The highest BCUT2D eigenvalue weighted by Gasteiger charge is 2.28. The Morgan fingerprint density at radius 2 is 1.91 bits per heavy atom. The third kappa shape index (κ3) is 4.22. The van der Waals surface area contributed by atoms with Gasteiger partial charge in [-0.15, -0.1) is 0 Å². The summed E-state index contributed by atoms with van der Waals surface area (Å²) in [5.41, 5.74) is 5.21. The Hall–Kier alpha value is -3.49. The monoisotopic (exact) mass is 492 g/mol. The van der Waals surface area contributed by atoms with Crippen LogP contribution in [0.1, 0.15) is 22.3 Å². The number of hydrogen-bond donors (Lipinski definition) is 1. The summed E-state index contributed by atoms with van der Waals surface area (Å²) in [5.74, 6) is -0.146. The van der Waals surface area contributed by atoms with Gasteiger partial charge < -0.3 is 5.32 Å². The molecule has 2 aromatic carbocycles. The van der Waals surface area contributed by atoms with Crippen LogP contribution < -0.4 is 9.62 Å². The molecule has 4 aromatic rings. The van der Waals surface area contributed by atoms with Crippen molar-refractivity contribution in [1.82, 2.24) is 9.97 Å². The molecule has 0 bridgehead atoms. The molecule has 0 atom stereocenters. The number of rotatable bonds is 4. The van der Waals surface area contributed by atoms with E-state index in [9.17, 15) is 13.2 Å². The highest BCUT2D eigenvalue weighted by atomic mass is 35.5. The summed E-state index contributed by atoms with van der Waals surface area (Å²) >= 11 is 6.44. The quantitative estimate of drug-likeness (QED) is 0.430. The summed E-state index contributed by atoms with van der Waals surface area (Å²) in [7, 11) is -3.28. The van der Waals surface area contributed by atoms with Gasteiger partial charge in [-0.3, -0.25) is 14.1 Å². The van der Waals surface area contributed by atoms with E-state index in [-0.39, 0.29) is 11.7 Å². The number of anilines is 2. The molecule has 1 N–H and O–H groups in total. The van der Waals surface area contributed by atoms with Gasteiger partial charge in [0.05, 0.1) is 33.2 Å². The summed E-state index contributed by atoms with van der Waals surface area (Å²) in [4.78, 5) is 21.9. The minimum absolute atomic E-state index is 0.149. The van der Waals surface area contributed by atoms with Gasteiger partial charge in [0.1, 0.15) is 0 Å². The fourth-order valence-electron chi connectivity index (χ4n) is 4.09. The van der Waals surface area contributed by atoms with Crippen LogP contribution in [0.5, 0.6) is 0 Å². The van der Waals surface area contributed by atoms with Crippen molar-refractivity contribution in [1.29, 1.82) is 0 Å². The topological polar surface area (TPSA) is 92.3 Å². The molecule has 0 unspecified atom stereocenters. The van der Waals surface area contributed by atoms with E-state index in [1.807, 2.05) is 24.3 Å². The highest BCUT2D eigenvalue weighted by Crippen LogP contribution is 2.31. The summed E-state index contributed by atoms with van der Waals surface area (Å²) in [6, 6.07) is 17.7. The maximum Gasteiger partial charge on any atom is 0.255 e. The zero-order valence-electron chi connectivity index (χ0n) is 18.3. The van der Waals surface area contributed by atoms with E-state index in [1.54, 1.807) is 49.5 Å². The fraction of sp³-hybridized carbons (Fsp3) is 0.160. The maximum absolute atomic E-state index is 13.0. The van der Waals surface area contributed by atoms with Crippen LogP contribution >= 0.6 is 11.6 Å². The Kier molecular flexibility index (Phi) is 5.71. The van der Waals surface area contributed by atoms with Crippen LogP contribution in [0.15, 0.2) is 66.9 Å². The molecular formula is C25H21ClN4O3S. The van der Waals surface area contributed by atoms with Crippen molar-refractivity contribution >= 4 is 49.9 Å². The van der Waals surface area contributed by atoms with Crippen molar-refractivity contribution in [3.63, 3.8) is 0 Å². The molecule has 0 aliphatic carbocycles. The zero-order chi connectivity index (χ0) is 23.9. The number of sulfonamides is 1. The van der Waals surface area contributed by atoms with Crippen LogP contribution in [-0.2, 0) is 10.0 Å². The predicted octanol–water partition coefficient (Wildman–Crippen LogP) is 5.05. The Morgan fingerprint density at radius 1 is 1.06 bits per heavy atom. The number of aryl methyl sites for hydroxylation is 1. The second-order valence-electron chi connectivity index (χ2n) is 8.13. The second-order valence-corrected chi connectivity index (χ2v) is 10.5. The van der Waals surface area contributed by atoms with Crippen molar-refractivity contribution in [2.75, 3.05) is 21.9 Å². The zero-order valence-corrected chi connectivity index (χ0v) is 19.9. The first-order valence-corrected chi connectivity index (χ1v) is 12.7. The van der Waals surface area contributed by atoms with Crippen LogP contribution in [0.25, 0.3) is 22.3 Å². The molecule has 1 aliphatic heterocycles. The third-order valence-electron chi connectivity index (χ3n) is 5.80. The standard InChI is InChI=1S/C25H21ClN4O3S/c1-16-14-18(30-12-3-13-34(30,32)33)6-7-19(16)25(31)28-17-5-8-21(26)20(15-17)22-9-10-23-24(29-22)4-2-11-27-23/h2,4-11,14-15H,3,12-13H2,1H3,(H,28,31). The first-order chi connectivity index (χ1) is 16.3. The minimum Gasteiger partial charge on any atom is -0.322 e. The number of pyridine rings is 2. The molecule has 3 heterocycles. The molecule has 7 nitrogen and oxygen atoms in total. The molecule has 9 heteroatoms. The Morgan fingerprint density at radius 3 is 2.68 bits per heavy atom. The number of aromatic nitrogens is 2. The number of amides is 1. The average molecular weight is 493 g/mol. The molecule has 1 aliphatic rings. The van der Waals surface area contributed by atoms with Gasteiger partial charge >= 0.3 is 0 Å². The van der Waals surface area contributed by atoms with Crippen molar-refractivity contribution in [2.24, 2.45) is 0 Å². The Balaban J connectivity index is 1.41. The molecule has 1 saturated heterocycles. The van der Waals surface area contributed by atoms with E-state index >= 15 is 0 Å². The lowest BCUT2D eigenvalue weighted by Crippen LogP contribution is -2.25. The highest BCUT2D eigenvalue weighted by molar-refractivity contribution is 7.93. The molecular weight excluding hydrogens is 472 g/mol. The summed E-state index contributed by atoms with van der Waals surface area (Å²) < 4.78 is 25.8. The number of nitrogens with zero attached hydrogens (tertiary/aromatic N) is 3. The number of nitrogens with one attached hydrogen (secondary N) is 1. The van der Waals surface area contributed by atoms with E-state index in [0.717, 1.165) is 11.0 Å². The van der Waals surface area contributed by atoms with E-state index in [0.29, 0.717) is 51.7 Å². The van der Waals surface area contributed by atoms with Crippen LogP contribution in [-0.4, -0.2) is 36.6 Å². The van der Waals surface area contributed by atoms with E-state index < -0.39 is 10.0 Å². The van der Waals surface area contributed by atoms with Crippen LogP contribution in [0.4, 0.5) is 11.4 Å². The molecule has 5 rings (SSSR count). The van der Waals surface area contributed by atoms with E-state index in [2.05, 4.69) is 15.3 Å². The van der Waals surface area contributed by atoms with Gasteiger partial charge in [0.15, 0.2) is 0 Å². The predicted molar refractivity (Wildman–Crippen MR) is 135 cm³/mol. The second kappa shape index (κ2) is 8.70. The SMILES string of the molecule is Cc1cc(N2CCCS2(=O)=O)ccc1C(=O)Nc1ccc(Cl)c(-c2ccc3ncccc3n2)c1.